The molecule has 23 heavy (non-hydrogen) atoms. The summed E-state index contributed by atoms with van der Waals surface area (Å²) < 4.78 is 0. The molecule has 0 aliphatic carbocycles. The van der Waals surface area contributed by atoms with Crippen molar-refractivity contribution in [1.82, 2.24) is 4.98 Å². The summed E-state index contributed by atoms with van der Waals surface area (Å²) >= 11 is 0. The monoisotopic (exact) mass is 308 g/mol. The van der Waals surface area contributed by atoms with Gasteiger partial charge < -0.3 is 15.2 Å². The Morgan fingerprint density at radius 1 is 1.17 bits per heavy atom. The second-order valence-corrected chi connectivity index (χ2v) is 5.25. The minimum atomic E-state index is -0.998. The Labute approximate surface area is 132 Å². The number of phenolic OH excluding ortho intramolecular Hbond substituents is 1. The minimum Gasteiger partial charge on any atom is -0.507 e. The van der Waals surface area contributed by atoms with Gasteiger partial charge in [0.15, 0.2) is 6.04 Å². The van der Waals surface area contributed by atoms with Crippen LogP contribution in [-0.2, 0) is 11.2 Å². The van der Waals surface area contributed by atoms with E-state index in [0.717, 1.165) is 16.5 Å². The molecule has 0 saturated heterocycles. The van der Waals surface area contributed by atoms with E-state index in [4.69, 9.17) is 0 Å². The molecule has 0 aliphatic heterocycles. The van der Waals surface area contributed by atoms with Crippen LogP contribution in [0.1, 0.15) is 11.1 Å². The van der Waals surface area contributed by atoms with Gasteiger partial charge in [0.2, 0.25) is 0 Å². The van der Waals surface area contributed by atoms with Crippen LogP contribution in [0.3, 0.4) is 0 Å². The summed E-state index contributed by atoms with van der Waals surface area (Å²) in [6.07, 6.45) is 3.50. The summed E-state index contributed by atoms with van der Waals surface area (Å²) in [6.45, 7) is 0. The van der Waals surface area contributed by atoms with Gasteiger partial charge >= 0.3 is 5.97 Å². The van der Waals surface area contributed by atoms with Crippen molar-refractivity contribution in [2.45, 2.75) is 12.5 Å². The number of aliphatic imine (C=N–C) groups is 1. The summed E-state index contributed by atoms with van der Waals surface area (Å²) in [4.78, 5) is 18.7. The zero-order valence-electron chi connectivity index (χ0n) is 12.3. The number of nitrogens with zero attached hydrogens (tertiary/aromatic N) is 1. The smallest absolute Gasteiger partial charge is 0.328 e. The van der Waals surface area contributed by atoms with Gasteiger partial charge in [-0.1, -0.05) is 30.3 Å². The number of nitrogens with one attached hydrogen (secondary N) is 1. The van der Waals surface area contributed by atoms with E-state index in [0.29, 0.717) is 5.56 Å². The van der Waals surface area contributed by atoms with Gasteiger partial charge in [-0.25, -0.2) is 4.79 Å². The maximum atomic E-state index is 11.5. The predicted molar refractivity (Wildman–Crippen MR) is 89.1 cm³/mol. The van der Waals surface area contributed by atoms with Crippen molar-refractivity contribution >= 4 is 23.1 Å². The van der Waals surface area contributed by atoms with E-state index in [2.05, 4.69) is 9.98 Å². The van der Waals surface area contributed by atoms with E-state index in [1.807, 2.05) is 30.5 Å². The fraction of sp³-hybridized carbons (Fsp3) is 0.111. The Kier molecular flexibility index (Phi) is 4.10. The SMILES string of the molecule is O=C(O)[C@H](Cc1c[nH]c2ccccc12)N=Cc1ccccc1O. The number of para-hydroxylation sites is 2. The van der Waals surface area contributed by atoms with Gasteiger partial charge in [0.25, 0.3) is 0 Å². The Balaban J connectivity index is 1.85. The number of H-pyrrole nitrogens is 1. The van der Waals surface area contributed by atoms with Gasteiger partial charge in [0, 0.05) is 35.3 Å². The van der Waals surface area contributed by atoms with Crippen LogP contribution in [0.2, 0.25) is 0 Å². The quantitative estimate of drug-likeness (QED) is 0.633. The number of hydrogen-bond donors (Lipinski definition) is 3. The number of carboxylic acid groups (broad SMARTS) is 1. The third-order valence-electron chi connectivity index (χ3n) is 3.70. The van der Waals surface area contributed by atoms with Crippen LogP contribution < -0.4 is 0 Å². The van der Waals surface area contributed by atoms with Crippen LogP contribution in [-0.4, -0.2) is 33.4 Å². The number of phenols is 1. The number of aliphatic carboxylic acids is 1. The Bertz CT molecular complexity index is 867. The average Bonchev–Trinajstić information content (AvgIpc) is 2.95. The van der Waals surface area contributed by atoms with E-state index >= 15 is 0 Å². The Morgan fingerprint density at radius 3 is 2.70 bits per heavy atom. The van der Waals surface area contributed by atoms with Crippen LogP contribution in [0.25, 0.3) is 10.9 Å². The molecule has 0 amide bonds. The molecule has 0 unspecified atom stereocenters. The second kappa shape index (κ2) is 6.36. The Hall–Kier alpha value is -3.08. The first-order valence-electron chi connectivity index (χ1n) is 7.24. The number of aromatic nitrogens is 1. The molecular weight excluding hydrogens is 292 g/mol. The van der Waals surface area contributed by atoms with Crippen LogP contribution in [0, 0.1) is 0 Å². The molecular formula is C18H16N2O3. The third-order valence-corrected chi connectivity index (χ3v) is 3.70. The van der Waals surface area contributed by atoms with Crippen LogP contribution >= 0.6 is 0 Å². The summed E-state index contributed by atoms with van der Waals surface area (Å²) in [5.74, 6) is -0.922. The summed E-state index contributed by atoms with van der Waals surface area (Å²) in [5.41, 5.74) is 2.37. The van der Waals surface area contributed by atoms with Crippen molar-refractivity contribution in [2.24, 2.45) is 4.99 Å². The zero-order valence-corrected chi connectivity index (χ0v) is 12.3. The molecule has 116 valence electrons. The molecule has 5 nitrogen and oxygen atoms in total. The van der Waals surface area contributed by atoms with Gasteiger partial charge in [0.05, 0.1) is 0 Å². The lowest BCUT2D eigenvalue weighted by atomic mass is 10.1. The normalized spacial score (nSPS) is 12.7. The highest BCUT2D eigenvalue weighted by Crippen LogP contribution is 2.20. The molecule has 1 heterocycles. The topological polar surface area (TPSA) is 85.7 Å². The standard InChI is InChI=1S/C18H16N2O3/c21-17-8-4-1-5-12(17)10-20-16(18(22)23)9-13-11-19-15-7-3-2-6-14(13)15/h1-8,10-11,16,19,21H,9H2,(H,22,23)/t16-/m0/s1. The summed E-state index contributed by atoms with van der Waals surface area (Å²) in [7, 11) is 0. The number of rotatable bonds is 5. The first-order chi connectivity index (χ1) is 11.1. The van der Waals surface area contributed by atoms with Crippen molar-refractivity contribution in [1.29, 1.82) is 0 Å². The minimum absolute atomic E-state index is 0.0764. The zero-order chi connectivity index (χ0) is 16.2. The number of fused-ring (bicyclic) bond motifs is 1. The van der Waals surface area contributed by atoms with E-state index < -0.39 is 12.0 Å². The van der Waals surface area contributed by atoms with E-state index in [-0.39, 0.29) is 12.2 Å². The maximum Gasteiger partial charge on any atom is 0.328 e. The first-order valence-corrected chi connectivity index (χ1v) is 7.24. The van der Waals surface area contributed by atoms with E-state index in [9.17, 15) is 15.0 Å². The van der Waals surface area contributed by atoms with E-state index in [1.165, 1.54) is 12.3 Å². The molecule has 2 aromatic carbocycles. The van der Waals surface area contributed by atoms with Crippen molar-refractivity contribution in [3.05, 3.63) is 65.9 Å². The number of hydrogen-bond acceptors (Lipinski definition) is 3. The lowest BCUT2D eigenvalue weighted by Crippen LogP contribution is -2.20. The van der Waals surface area contributed by atoms with Crippen LogP contribution in [0.15, 0.2) is 59.7 Å². The van der Waals surface area contributed by atoms with E-state index in [1.54, 1.807) is 18.2 Å². The number of carbonyl (C=O) groups is 1. The average molecular weight is 308 g/mol. The molecule has 1 atom stereocenters. The lowest BCUT2D eigenvalue weighted by molar-refractivity contribution is -0.138. The van der Waals surface area contributed by atoms with Crippen LogP contribution in [0.4, 0.5) is 0 Å². The van der Waals surface area contributed by atoms with Crippen LogP contribution in [0.5, 0.6) is 5.75 Å². The van der Waals surface area contributed by atoms with Crippen molar-refractivity contribution in [3.8, 4) is 5.75 Å². The predicted octanol–water partition coefficient (Wildman–Crippen LogP) is 2.99. The molecule has 0 radical (unpaired) electrons. The molecule has 3 N–H and O–H groups in total. The molecule has 0 bridgehead atoms. The van der Waals surface area contributed by atoms with Gasteiger partial charge in [0.1, 0.15) is 5.75 Å². The first kappa shape index (κ1) is 14.8. The highest BCUT2D eigenvalue weighted by molar-refractivity contribution is 5.87. The highest BCUT2D eigenvalue weighted by Gasteiger charge is 2.18. The summed E-state index contributed by atoms with van der Waals surface area (Å²) in [5, 5.41) is 20.1. The van der Waals surface area contributed by atoms with Gasteiger partial charge in [-0.2, -0.15) is 0 Å². The summed E-state index contributed by atoms with van der Waals surface area (Å²) in [6, 6.07) is 13.5. The lowest BCUT2D eigenvalue weighted by Gasteiger charge is -2.07. The number of aromatic amines is 1. The number of carboxylic acids is 1. The molecule has 0 aliphatic rings. The van der Waals surface area contributed by atoms with Gasteiger partial charge in [-0.15, -0.1) is 0 Å². The molecule has 3 rings (SSSR count). The largest absolute Gasteiger partial charge is 0.507 e. The maximum absolute atomic E-state index is 11.5. The second-order valence-electron chi connectivity index (χ2n) is 5.25. The highest BCUT2D eigenvalue weighted by atomic mass is 16.4. The van der Waals surface area contributed by atoms with Crippen molar-refractivity contribution < 1.29 is 15.0 Å². The molecule has 0 fully saturated rings. The molecule has 3 aromatic rings. The molecule has 5 heteroatoms. The van der Waals surface area contributed by atoms with Crippen molar-refractivity contribution in [2.75, 3.05) is 0 Å². The Morgan fingerprint density at radius 2 is 1.91 bits per heavy atom. The van der Waals surface area contributed by atoms with Gasteiger partial charge in [-0.3, -0.25) is 4.99 Å². The molecule has 0 spiro atoms. The number of benzene rings is 2. The van der Waals surface area contributed by atoms with Crippen molar-refractivity contribution in [3.63, 3.8) is 0 Å². The third kappa shape index (κ3) is 3.23. The number of aromatic hydroxyl groups is 1. The molecule has 1 aromatic heterocycles. The fourth-order valence-electron chi connectivity index (χ4n) is 2.48. The fourth-order valence-corrected chi connectivity index (χ4v) is 2.48. The molecule has 0 saturated carbocycles. The van der Waals surface area contributed by atoms with Gasteiger partial charge in [-0.05, 0) is 23.8 Å².